The summed E-state index contributed by atoms with van der Waals surface area (Å²) >= 11 is 0. The summed E-state index contributed by atoms with van der Waals surface area (Å²) in [6.45, 7) is 6.08. The zero-order valence-electron chi connectivity index (χ0n) is 16.7. The van der Waals surface area contributed by atoms with Crippen molar-refractivity contribution in [3.05, 3.63) is 53.1 Å². The predicted molar refractivity (Wildman–Crippen MR) is 110 cm³/mol. The van der Waals surface area contributed by atoms with Crippen LogP contribution in [0.1, 0.15) is 41.8 Å². The third-order valence-corrected chi connectivity index (χ3v) is 6.43. The Hall–Kier alpha value is -2.38. The van der Waals surface area contributed by atoms with Gasteiger partial charge in [-0.2, -0.15) is 0 Å². The summed E-state index contributed by atoms with van der Waals surface area (Å²) in [5.41, 5.74) is 3.43. The summed E-state index contributed by atoms with van der Waals surface area (Å²) in [5.74, 6) is -0.00109. The number of sulfonamides is 1. The van der Waals surface area contributed by atoms with E-state index in [0.29, 0.717) is 12.1 Å². The third-order valence-electron chi connectivity index (χ3n) is 4.76. The first-order chi connectivity index (χ1) is 13.2. The van der Waals surface area contributed by atoms with Crippen molar-refractivity contribution >= 4 is 21.6 Å². The summed E-state index contributed by atoms with van der Waals surface area (Å²) in [7, 11) is -2.39. The molecule has 2 aromatic rings. The van der Waals surface area contributed by atoms with Crippen LogP contribution in [0.2, 0.25) is 0 Å². The minimum absolute atomic E-state index is 0.0310. The van der Waals surface area contributed by atoms with Crippen LogP contribution in [0.3, 0.4) is 0 Å². The van der Waals surface area contributed by atoms with Crippen LogP contribution in [0.25, 0.3) is 0 Å². The average molecular weight is 403 g/mol. The molecule has 150 valence electrons. The van der Waals surface area contributed by atoms with Crippen molar-refractivity contribution < 1.29 is 17.9 Å². The van der Waals surface area contributed by atoms with Crippen molar-refractivity contribution in [3.8, 4) is 5.75 Å². The molecule has 0 aromatic heterocycles. The molecule has 1 amide bonds. The van der Waals surface area contributed by atoms with Crippen LogP contribution in [-0.4, -0.2) is 34.0 Å². The van der Waals surface area contributed by atoms with Crippen LogP contribution in [0.15, 0.2) is 41.3 Å². The molecule has 6 nitrogen and oxygen atoms in total. The van der Waals surface area contributed by atoms with E-state index in [2.05, 4.69) is 4.72 Å². The summed E-state index contributed by atoms with van der Waals surface area (Å²) in [4.78, 5) is 15.0. The monoisotopic (exact) mass is 402 g/mol. The lowest BCUT2D eigenvalue weighted by atomic mass is 9.97. The van der Waals surface area contributed by atoms with Gasteiger partial charge in [-0.05, 0) is 62.9 Å². The third kappa shape index (κ3) is 3.91. The number of carbonyl (C=O) groups excluding carboxylic acids is 1. The Morgan fingerprint density at radius 1 is 1.21 bits per heavy atom. The highest BCUT2D eigenvalue weighted by atomic mass is 32.2. The number of amides is 1. The first-order valence-electron chi connectivity index (χ1n) is 9.35. The Balaban J connectivity index is 2.04. The molecule has 1 heterocycles. The van der Waals surface area contributed by atoms with Gasteiger partial charge in [-0.15, -0.1) is 0 Å². The number of methoxy groups -OCH3 is 1. The fourth-order valence-electron chi connectivity index (χ4n) is 3.60. The predicted octanol–water partition coefficient (Wildman–Crippen LogP) is 3.28. The molecule has 0 fully saturated rings. The lowest BCUT2D eigenvalue weighted by Crippen LogP contribution is -2.36. The molecule has 1 aliphatic rings. The van der Waals surface area contributed by atoms with Crippen LogP contribution < -0.4 is 14.4 Å². The summed E-state index contributed by atoms with van der Waals surface area (Å²) in [5, 5.41) is 0. The number of rotatable bonds is 5. The number of anilines is 1. The SMILES string of the molecule is COc1ccc(C(=O)N2CCCc3cccc(C)c32)cc1S(=O)(=O)NC(C)C. The first kappa shape index (κ1) is 20.4. The van der Waals surface area contributed by atoms with Crippen molar-refractivity contribution in [2.75, 3.05) is 18.6 Å². The quantitative estimate of drug-likeness (QED) is 0.833. The minimum Gasteiger partial charge on any atom is -0.495 e. The van der Waals surface area contributed by atoms with E-state index in [-0.39, 0.29) is 22.6 Å². The highest BCUT2D eigenvalue weighted by Gasteiger charge is 2.27. The van der Waals surface area contributed by atoms with Crippen LogP contribution in [-0.2, 0) is 16.4 Å². The van der Waals surface area contributed by atoms with Gasteiger partial charge in [0.05, 0.1) is 12.8 Å². The molecular formula is C21H26N2O4S. The first-order valence-corrected chi connectivity index (χ1v) is 10.8. The number of ether oxygens (including phenoxy) is 1. The number of benzene rings is 2. The topological polar surface area (TPSA) is 75.7 Å². The standard InChI is InChI=1S/C21H26N2O4S/c1-14(2)22-28(25,26)19-13-17(10-11-18(19)27-4)21(24)23-12-6-9-16-8-5-7-15(3)20(16)23/h5,7-8,10-11,13-14,22H,6,9,12H2,1-4H3. The van der Waals surface area contributed by atoms with Gasteiger partial charge in [0, 0.05) is 18.2 Å². The Bertz CT molecular complexity index is 999. The van der Waals surface area contributed by atoms with Crippen molar-refractivity contribution in [2.45, 2.75) is 44.6 Å². The number of nitrogens with one attached hydrogen (secondary N) is 1. The zero-order chi connectivity index (χ0) is 20.5. The average Bonchev–Trinajstić information content (AvgIpc) is 2.65. The molecule has 0 unspecified atom stereocenters. The van der Waals surface area contributed by atoms with Crippen LogP contribution in [0, 0.1) is 6.92 Å². The van der Waals surface area contributed by atoms with E-state index in [4.69, 9.17) is 4.74 Å². The van der Waals surface area contributed by atoms with Gasteiger partial charge in [0.15, 0.2) is 0 Å². The molecule has 2 aromatic carbocycles. The number of aryl methyl sites for hydroxylation is 2. The second-order valence-electron chi connectivity index (χ2n) is 7.28. The van der Waals surface area contributed by atoms with Crippen molar-refractivity contribution in [3.63, 3.8) is 0 Å². The molecule has 3 rings (SSSR count). The van der Waals surface area contributed by atoms with Gasteiger partial charge in [-0.1, -0.05) is 18.2 Å². The molecule has 1 N–H and O–H groups in total. The van der Waals surface area contributed by atoms with E-state index in [1.807, 2.05) is 25.1 Å². The summed E-state index contributed by atoms with van der Waals surface area (Å²) in [6.07, 6.45) is 1.81. The van der Waals surface area contributed by atoms with E-state index < -0.39 is 10.0 Å². The number of para-hydroxylation sites is 1. The molecule has 0 radical (unpaired) electrons. The van der Waals surface area contributed by atoms with E-state index in [1.54, 1.807) is 24.8 Å². The van der Waals surface area contributed by atoms with Crippen LogP contribution in [0.5, 0.6) is 5.75 Å². The Morgan fingerprint density at radius 2 is 1.96 bits per heavy atom. The number of hydrogen-bond donors (Lipinski definition) is 1. The molecule has 0 bridgehead atoms. The zero-order valence-corrected chi connectivity index (χ0v) is 17.5. The summed E-state index contributed by atoms with van der Waals surface area (Å²) in [6, 6.07) is 10.3. The molecule has 7 heteroatoms. The van der Waals surface area contributed by atoms with E-state index in [1.165, 1.54) is 19.2 Å². The fourth-order valence-corrected chi connectivity index (χ4v) is 5.05. The van der Waals surface area contributed by atoms with Gasteiger partial charge in [-0.3, -0.25) is 4.79 Å². The van der Waals surface area contributed by atoms with E-state index in [0.717, 1.165) is 29.7 Å². The van der Waals surface area contributed by atoms with Gasteiger partial charge in [-0.25, -0.2) is 13.1 Å². The maximum atomic E-state index is 13.3. The Labute approximate surface area is 166 Å². The largest absolute Gasteiger partial charge is 0.495 e. The minimum atomic E-state index is -3.80. The Kier molecular flexibility index (Phi) is 5.76. The van der Waals surface area contributed by atoms with Gasteiger partial charge in [0.1, 0.15) is 10.6 Å². The second-order valence-corrected chi connectivity index (χ2v) is 8.97. The molecule has 0 atom stereocenters. The van der Waals surface area contributed by atoms with Gasteiger partial charge in [0.2, 0.25) is 10.0 Å². The molecule has 0 saturated carbocycles. The highest BCUT2D eigenvalue weighted by molar-refractivity contribution is 7.89. The van der Waals surface area contributed by atoms with Gasteiger partial charge < -0.3 is 9.64 Å². The fraction of sp³-hybridized carbons (Fsp3) is 0.381. The lowest BCUT2D eigenvalue weighted by Gasteiger charge is -2.31. The smallest absolute Gasteiger partial charge is 0.258 e. The maximum Gasteiger partial charge on any atom is 0.258 e. The molecule has 0 spiro atoms. The van der Waals surface area contributed by atoms with Gasteiger partial charge >= 0.3 is 0 Å². The van der Waals surface area contributed by atoms with E-state index >= 15 is 0 Å². The van der Waals surface area contributed by atoms with Crippen molar-refractivity contribution in [1.29, 1.82) is 0 Å². The Morgan fingerprint density at radius 3 is 2.64 bits per heavy atom. The lowest BCUT2D eigenvalue weighted by molar-refractivity contribution is 0.0984. The molecular weight excluding hydrogens is 376 g/mol. The molecule has 0 saturated heterocycles. The van der Waals surface area contributed by atoms with Crippen molar-refractivity contribution in [1.82, 2.24) is 4.72 Å². The van der Waals surface area contributed by atoms with Crippen LogP contribution >= 0.6 is 0 Å². The number of carbonyl (C=O) groups is 1. The molecule has 0 aliphatic carbocycles. The molecule has 28 heavy (non-hydrogen) atoms. The normalized spacial score (nSPS) is 14.1. The second kappa shape index (κ2) is 7.93. The van der Waals surface area contributed by atoms with Gasteiger partial charge in [0.25, 0.3) is 5.91 Å². The number of fused-ring (bicyclic) bond motifs is 1. The van der Waals surface area contributed by atoms with Crippen molar-refractivity contribution in [2.24, 2.45) is 0 Å². The molecule has 1 aliphatic heterocycles. The summed E-state index contributed by atoms with van der Waals surface area (Å²) < 4.78 is 33.2. The number of hydrogen-bond acceptors (Lipinski definition) is 4. The number of nitrogens with zero attached hydrogens (tertiary/aromatic N) is 1. The maximum absolute atomic E-state index is 13.3. The highest BCUT2D eigenvalue weighted by Crippen LogP contribution is 2.33. The van der Waals surface area contributed by atoms with Crippen LogP contribution in [0.4, 0.5) is 5.69 Å². The van der Waals surface area contributed by atoms with E-state index in [9.17, 15) is 13.2 Å².